The Morgan fingerprint density at radius 1 is 1.48 bits per heavy atom. The first-order valence-corrected chi connectivity index (χ1v) is 7.30. The van der Waals surface area contributed by atoms with Gasteiger partial charge in [0.05, 0.1) is 18.8 Å². The summed E-state index contributed by atoms with van der Waals surface area (Å²) in [7, 11) is 3.62. The van der Waals surface area contributed by atoms with Crippen LogP contribution < -0.4 is 4.74 Å². The molecule has 5 heteroatoms. The van der Waals surface area contributed by atoms with Gasteiger partial charge in [0, 0.05) is 25.3 Å². The summed E-state index contributed by atoms with van der Waals surface area (Å²) < 4.78 is 11.1. The van der Waals surface area contributed by atoms with Gasteiger partial charge in [-0.15, -0.1) is 0 Å². The van der Waals surface area contributed by atoms with E-state index in [0.29, 0.717) is 6.54 Å². The Morgan fingerprint density at radius 3 is 2.90 bits per heavy atom. The van der Waals surface area contributed by atoms with E-state index in [1.54, 1.807) is 25.3 Å². The Balaban J connectivity index is 2.02. The number of nitrogens with zero attached hydrogens (tertiary/aromatic N) is 1. The minimum Gasteiger partial charge on any atom is -0.496 e. The molecule has 0 aliphatic carbocycles. The highest BCUT2D eigenvalue weighted by Crippen LogP contribution is 2.22. The smallest absolute Gasteiger partial charge is 0.335 e. The lowest BCUT2D eigenvalue weighted by Crippen LogP contribution is -2.33. The number of aromatic carboxylic acids is 1. The van der Waals surface area contributed by atoms with Gasteiger partial charge in [0.15, 0.2) is 0 Å². The van der Waals surface area contributed by atoms with Gasteiger partial charge in [-0.25, -0.2) is 4.79 Å². The molecule has 1 atom stereocenters. The molecule has 1 saturated heterocycles. The van der Waals surface area contributed by atoms with Gasteiger partial charge in [-0.2, -0.15) is 0 Å². The van der Waals surface area contributed by atoms with Crippen LogP contribution in [0.4, 0.5) is 0 Å². The number of likely N-dealkylation sites (N-methyl/N-ethyl adjacent to an activating group) is 1. The molecule has 1 aliphatic heterocycles. The summed E-state index contributed by atoms with van der Waals surface area (Å²) in [6.07, 6.45) is 3.74. The van der Waals surface area contributed by atoms with E-state index in [1.807, 2.05) is 7.05 Å². The van der Waals surface area contributed by atoms with E-state index in [-0.39, 0.29) is 11.7 Å². The van der Waals surface area contributed by atoms with Crippen LogP contribution in [0.3, 0.4) is 0 Å². The van der Waals surface area contributed by atoms with Crippen LogP contribution in [0.1, 0.15) is 35.2 Å². The van der Waals surface area contributed by atoms with Crippen LogP contribution in [0.5, 0.6) is 5.75 Å². The van der Waals surface area contributed by atoms with Gasteiger partial charge in [-0.1, -0.05) is 0 Å². The molecule has 1 aromatic carbocycles. The molecule has 0 spiro atoms. The van der Waals surface area contributed by atoms with E-state index in [4.69, 9.17) is 14.6 Å². The molecule has 1 heterocycles. The average Bonchev–Trinajstić information content (AvgIpc) is 2.48. The van der Waals surface area contributed by atoms with Gasteiger partial charge >= 0.3 is 5.97 Å². The average molecular weight is 293 g/mol. The van der Waals surface area contributed by atoms with Crippen molar-refractivity contribution < 1.29 is 19.4 Å². The van der Waals surface area contributed by atoms with Gasteiger partial charge < -0.3 is 14.6 Å². The van der Waals surface area contributed by atoms with Crippen molar-refractivity contribution in [2.75, 3.05) is 27.3 Å². The van der Waals surface area contributed by atoms with E-state index in [9.17, 15) is 4.79 Å². The predicted molar refractivity (Wildman–Crippen MR) is 79.9 cm³/mol. The van der Waals surface area contributed by atoms with Gasteiger partial charge in [0.2, 0.25) is 0 Å². The van der Waals surface area contributed by atoms with Gasteiger partial charge in [-0.3, -0.25) is 4.90 Å². The highest BCUT2D eigenvalue weighted by atomic mass is 16.5. The number of carboxylic acids is 1. The number of rotatable bonds is 6. The van der Waals surface area contributed by atoms with Gasteiger partial charge in [-0.05, 0) is 44.5 Å². The highest BCUT2D eigenvalue weighted by molar-refractivity contribution is 5.88. The monoisotopic (exact) mass is 293 g/mol. The number of carbonyl (C=O) groups is 1. The zero-order valence-corrected chi connectivity index (χ0v) is 12.7. The summed E-state index contributed by atoms with van der Waals surface area (Å²) >= 11 is 0. The first-order chi connectivity index (χ1) is 10.1. The minimum atomic E-state index is -0.919. The van der Waals surface area contributed by atoms with E-state index in [0.717, 1.165) is 37.3 Å². The number of methoxy groups -OCH3 is 1. The minimum absolute atomic E-state index is 0.275. The Morgan fingerprint density at radius 2 is 2.29 bits per heavy atom. The molecule has 0 aromatic heterocycles. The molecule has 1 unspecified atom stereocenters. The molecule has 0 saturated carbocycles. The molecule has 116 valence electrons. The molecular formula is C16H23NO4. The third-order valence-electron chi connectivity index (χ3n) is 3.76. The van der Waals surface area contributed by atoms with E-state index >= 15 is 0 Å². The largest absolute Gasteiger partial charge is 0.496 e. The molecule has 2 rings (SSSR count). The zero-order chi connectivity index (χ0) is 15.2. The second kappa shape index (κ2) is 7.43. The van der Waals surface area contributed by atoms with Gasteiger partial charge in [0.25, 0.3) is 0 Å². The lowest BCUT2D eigenvalue weighted by Gasteiger charge is -2.27. The molecule has 0 amide bonds. The fourth-order valence-corrected chi connectivity index (χ4v) is 2.69. The van der Waals surface area contributed by atoms with Crippen LogP contribution >= 0.6 is 0 Å². The van der Waals surface area contributed by atoms with E-state index in [2.05, 4.69) is 4.90 Å². The summed E-state index contributed by atoms with van der Waals surface area (Å²) in [5.74, 6) is -0.200. The summed E-state index contributed by atoms with van der Waals surface area (Å²) in [5, 5.41) is 9.09. The van der Waals surface area contributed by atoms with Gasteiger partial charge in [0.1, 0.15) is 5.75 Å². The molecule has 1 aromatic rings. The van der Waals surface area contributed by atoms with Crippen molar-refractivity contribution in [2.24, 2.45) is 0 Å². The first kappa shape index (κ1) is 15.8. The van der Waals surface area contributed by atoms with Crippen LogP contribution in [0.25, 0.3) is 0 Å². The van der Waals surface area contributed by atoms with Crippen LogP contribution in [0, 0.1) is 0 Å². The Hall–Kier alpha value is -1.59. The molecule has 1 fully saturated rings. The third-order valence-corrected chi connectivity index (χ3v) is 3.76. The quantitative estimate of drug-likeness (QED) is 0.872. The zero-order valence-electron chi connectivity index (χ0n) is 12.7. The predicted octanol–water partition coefficient (Wildman–Crippen LogP) is 2.39. The number of benzene rings is 1. The fraction of sp³-hybridized carbons (Fsp3) is 0.562. The second-order valence-electron chi connectivity index (χ2n) is 5.52. The summed E-state index contributed by atoms with van der Waals surface area (Å²) in [4.78, 5) is 13.2. The highest BCUT2D eigenvalue weighted by Gasteiger charge is 2.17. The summed E-state index contributed by atoms with van der Waals surface area (Å²) in [5.41, 5.74) is 1.17. The van der Waals surface area contributed by atoms with Crippen LogP contribution in [-0.2, 0) is 11.3 Å². The van der Waals surface area contributed by atoms with E-state index in [1.165, 1.54) is 6.42 Å². The lowest BCUT2D eigenvalue weighted by molar-refractivity contribution is -0.00268. The van der Waals surface area contributed by atoms with Crippen molar-refractivity contribution in [3.8, 4) is 5.75 Å². The summed E-state index contributed by atoms with van der Waals surface area (Å²) in [6, 6.07) is 4.96. The Labute approximate surface area is 125 Å². The maximum absolute atomic E-state index is 11.1. The SMILES string of the molecule is COc1ccc(C(=O)O)cc1CN(C)CC1CCCCO1. The molecule has 0 bridgehead atoms. The lowest BCUT2D eigenvalue weighted by atomic mass is 10.1. The van der Waals surface area contributed by atoms with E-state index < -0.39 is 5.97 Å². The summed E-state index contributed by atoms with van der Waals surface area (Å²) in [6.45, 7) is 2.33. The number of ether oxygens (including phenoxy) is 2. The van der Waals surface area contributed by atoms with Crippen molar-refractivity contribution in [1.82, 2.24) is 4.90 Å². The topological polar surface area (TPSA) is 59.0 Å². The van der Waals surface area contributed by atoms with Crippen molar-refractivity contribution in [3.05, 3.63) is 29.3 Å². The molecule has 1 aliphatic rings. The molecule has 5 nitrogen and oxygen atoms in total. The first-order valence-electron chi connectivity index (χ1n) is 7.30. The fourth-order valence-electron chi connectivity index (χ4n) is 2.69. The molecular weight excluding hydrogens is 270 g/mol. The molecule has 1 N–H and O–H groups in total. The van der Waals surface area contributed by atoms with Crippen LogP contribution in [-0.4, -0.2) is 49.4 Å². The van der Waals surface area contributed by atoms with Crippen molar-refractivity contribution in [2.45, 2.75) is 31.9 Å². The van der Waals surface area contributed by atoms with Crippen LogP contribution in [0.15, 0.2) is 18.2 Å². The van der Waals surface area contributed by atoms with Crippen molar-refractivity contribution in [1.29, 1.82) is 0 Å². The number of hydrogen-bond acceptors (Lipinski definition) is 4. The Kier molecular flexibility index (Phi) is 5.59. The third kappa shape index (κ3) is 4.44. The standard InChI is InChI=1S/C16H23NO4/c1-17(11-14-5-3-4-8-21-14)10-13-9-12(16(18)19)6-7-15(13)20-2/h6-7,9,14H,3-5,8,10-11H2,1-2H3,(H,18,19). The molecule has 0 radical (unpaired) electrons. The van der Waals surface area contributed by atoms with Crippen molar-refractivity contribution in [3.63, 3.8) is 0 Å². The Bertz CT molecular complexity index is 483. The number of hydrogen-bond donors (Lipinski definition) is 1. The maximum Gasteiger partial charge on any atom is 0.335 e. The second-order valence-corrected chi connectivity index (χ2v) is 5.52. The normalized spacial score (nSPS) is 18.7. The maximum atomic E-state index is 11.1. The van der Waals surface area contributed by atoms with Crippen LogP contribution in [0.2, 0.25) is 0 Å². The van der Waals surface area contributed by atoms with Crippen molar-refractivity contribution >= 4 is 5.97 Å². The number of carboxylic acid groups (broad SMARTS) is 1. The molecule has 21 heavy (non-hydrogen) atoms.